The normalized spacial score (nSPS) is 12.7. The predicted molar refractivity (Wildman–Crippen MR) is 420 cm³/mol. The number of nitrogens with zero attached hydrogens (tertiary/aromatic N) is 15. The molecule has 0 amide bonds. The highest BCUT2D eigenvalue weighted by Crippen LogP contribution is 2.29. The van der Waals surface area contributed by atoms with E-state index in [-0.39, 0.29) is 46.7 Å². The van der Waals surface area contributed by atoms with E-state index in [0.29, 0.717) is 51.7 Å². The second kappa shape index (κ2) is 47.0. The van der Waals surface area contributed by atoms with Gasteiger partial charge in [0.05, 0.1) is 21.8 Å². The summed E-state index contributed by atoms with van der Waals surface area (Å²) in [6, 6.07) is 18.9. The summed E-state index contributed by atoms with van der Waals surface area (Å²) in [5, 5.41) is 47.4. The van der Waals surface area contributed by atoms with Crippen LogP contribution < -0.4 is 5.56 Å². The molecule has 1 saturated heterocycles. The van der Waals surface area contributed by atoms with Crippen molar-refractivity contribution in [2.45, 2.75) is 238 Å². The number of hydrogen-bond donors (Lipinski definition) is 0. The van der Waals surface area contributed by atoms with Crippen LogP contribution in [0.5, 0.6) is 0 Å². The van der Waals surface area contributed by atoms with Crippen LogP contribution >= 0.6 is 46.3 Å². The minimum Gasteiger partial charge on any atom is -0.433 e. The van der Waals surface area contributed by atoms with Crippen molar-refractivity contribution < 1.29 is 35.7 Å². The Labute approximate surface area is 653 Å². The van der Waals surface area contributed by atoms with Crippen molar-refractivity contribution in [3.63, 3.8) is 0 Å². The summed E-state index contributed by atoms with van der Waals surface area (Å²) in [4.78, 5) is 44.9. The zero-order valence-electron chi connectivity index (χ0n) is 66.5. The molecule has 20 nitrogen and oxygen atoms in total. The van der Waals surface area contributed by atoms with Crippen molar-refractivity contribution >= 4 is 62.1 Å². The highest BCUT2D eigenvalue weighted by Gasteiger charge is 2.25. The number of halogens is 6. The van der Waals surface area contributed by atoms with Crippen LogP contribution in [0.1, 0.15) is 289 Å². The number of nitriles is 4. The molecule has 7 aromatic heterocycles. The average molecular weight is 1570 g/mol. The van der Waals surface area contributed by atoms with E-state index in [1.807, 2.05) is 139 Å². The number of Topliss-reactive ketones (excluding diaryl/α,β-unsaturated/α-hetero) is 1. The van der Waals surface area contributed by atoms with Gasteiger partial charge < -0.3 is 18.3 Å². The van der Waals surface area contributed by atoms with Crippen LogP contribution in [0.3, 0.4) is 0 Å². The maximum absolute atomic E-state index is 12.9. The Balaban J connectivity index is 0.000000409. The number of aromatic nitrogens is 10. The number of pyridine rings is 2. The number of carbonyl (C=O) groups is 1. The van der Waals surface area contributed by atoms with Gasteiger partial charge in [0.15, 0.2) is 59.3 Å². The van der Waals surface area contributed by atoms with E-state index in [9.17, 15) is 27.2 Å². The third kappa shape index (κ3) is 34.0. The second-order valence-electron chi connectivity index (χ2n) is 29.7. The molecular weight excluding hydrogens is 1460 g/mol. The summed E-state index contributed by atoms with van der Waals surface area (Å²) in [5.74, 6) is 1.11. The van der Waals surface area contributed by atoms with Gasteiger partial charge in [-0.1, -0.05) is 201 Å². The topological polar surface area (TPSA) is 293 Å². The first-order chi connectivity index (χ1) is 50.5. The van der Waals surface area contributed by atoms with E-state index in [0.717, 1.165) is 93.4 Å². The van der Waals surface area contributed by atoms with Crippen LogP contribution in [-0.4, -0.2) is 72.4 Å². The maximum atomic E-state index is 12.9. The van der Waals surface area contributed by atoms with Gasteiger partial charge in [-0.3, -0.25) is 18.5 Å². The summed E-state index contributed by atoms with van der Waals surface area (Å²) in [7, 11) is 0. The van der Waals surface area contributed by atoms with Crippen molar-refractivity contribution in [3.8, 4) is 24.4 Å². The lowest BCUT2D eigenvalue weighted by Crippen LogP contribution is -2.29. The number of allylic oxidation sites excluding steroid dienone is 2. The fourth-order valence-electron chi connectivity index (χ4n) is 8.85. The van der Waals surface area contributed by atoms with Crippen LogP contribution in [0.25, 0.3) is 10.1 Å². The molecule has 0 bridgehead atoms. The second-order valence-corrected chi connectivity index (χ2v) is 32.4. The molecule has 1 unspecified atom stereocenters. The van der Waals surface area contributed by atoms with Crippen molar-refractivity contribution in [1.29, 1.82) is 21.0 Å². The molecule has 0 N–H and O–H groups in total. The molecule has 1 aliphatic heterocycles. The predicted octanol–water partition coefficient (Wildman–Crippen LogP) is 22.2. The molecule has 1 fully saturated rings. The quantitative estimate of drug-likeness (QED) is 0.0503. The van der Waals surface area contributed by atoms with Gasteiger partial charge in [-0.15, -0.1) is 5.10 Å². The van der Waals surface area contributed by atoms with Gasteiger partial charge >= 0.3 is 17.7 Å². The van der Waals surface area contributed by atoms with Crippen LogP contribution in [0.15, 0.2) is 103 Å². The van der Waals surface area contributed by atoms with E-state index in [1.165, 1.54) is 48.9 Å². The minimum atomic E-state index is -1.36. The first-order valence-corrected chi connectivity index (χ1v) is 38.0. The fourth-order valence-corrected chi connectivity index (χ4v) is 10.9. The Kier molecular flexibility index (Phi) is 41.4. The van der Waals surface area contributed by atoms with E-state index in [2.05, 4.69) is 138 Å². The molecule has 8 heterocycles. The van der Waals surface area contributed by atoms with E-state index in [4.69, 9.17) is 53.1 Å². The van der Waals surface area contributed by atoms with Crippen LogP contribution in [0, 0.1) is 92.9 Å². The average Bonchev–Trinajstić information content (AvgIpc) is 1.59. The highest BCUT2D eigenvalue weighted by atomic mass is 35.5. The molecule has 1 atom stereocenters. The Morgan fingerprint density at radius 3 is 1.66 bits per heavy atom. The fraction of sp³-hybridized carbons (Fsp3) is 0.512. The molecule has 2 aliphatic rings. The third-order valence-electron chi connectivity index (χ3n) is 15.6. The molecule has 28 heteroatoms. The van der Waals surface area contributed by atoms with Crippen LogP contribution in [-0.2, 0) is 10.3 Å². The lowest BCUT2D eigenvalue weighted by atomic mass is 9.86. The van der Waals surface area contributed by atoms with Gasteiger partial charge in [-0.05, 0) is 141 Å². The lowest BCUT2D eigenvalue weighted by Gasteiger charge is -2.19. The first-order valence-electron chi connectivity index (χ1n) is 35.7. The van der Waals surface area contributed by atoms with Gasteiger partial charge in [0.25, 0.3) is 5.56 Å². The molecule has 0 saturated carbocycles. The van der Waals surface area contributed by atoms with Crippen LogP contribution in [0.4, 0.5) is 17.6 Å². The number of hydrogen-bond acceptors (Lipinski definition) is 21. The minimum absolute atomic E-state index is 0.0312. The third-order valence-corrected chi connectivity index (χ3v) is 18.2. The maximum Gasteiger partial charge on any atom is 0.329 e. The monoisotopic (exact) mass is 1570 g/mol. The van der Waals surface area contributed by atoms with Crippen molar-refractivity contribution in [2.24, 2.45) is 17.3 Å². The number of likely N-dealkylation sites (tertiary alicyclic amines) is 1. The van der Waals surface area contributed by atoms with Crippen molar-refractivity contribution in [1.82, 2.24) is 53.5 Å². The highest BCUT2D eigenvalue weighted by molar-refractivity contribution is 7.13. The Morgan fingerprint density at radius 2 is 1.31 bits per heavy atom. The Hall–Kier alpha value is -9.05. The smallest absolute Gasteiger partial charge is 0.329 e. The van der Waals surface area contributed by atoms with Crippen LogP contribution in [0.2, 0.25) is 10.2 Å². The van der Waals surface area contributed by atoms with E-state index < -0.39 is 34.8 Å². The van der Waals surface area contributed by atoms with Crippen molar-refractivity contribution in [2.75, 3.05) is 13.1 Å². The summed E-state index contributed by atoms with van der Waals surface area (Å²) in [6.45, 7) is 48.3. The SMILES string of the molecule is CC(C)(C)CCC(=O)C1=CCC1.CC(C)(C)n1sc2ccccc2c1=O.CC(C)C1CCN(C#N)C1.CC(C)c1c(F)c(F)cc(F)c1F.CC(C)c1ccc(Cl)nc1.CC(C)c1cnc(C#N)o1.CC(C)c1cnccc1Cl.CC(C)c1nnc(C#N)o1.CC(C)c1noc(C#N)n1.Cc1nc(C(C)C)ns1. The van der Waals surface area contributed by atoms with E-state index in [1.54, 1.807) is 24.5 Å². The standard InChI is InChI=1S/C11H13NOS.C11H18O.C9H8F4.2C8H10ClN.C8H14N2.C7H8N2O.2C6H7N3O.C6H10N2S/c1-11(2,3)12-10(13)8-6-4-5-7-9(8)14-12;1-11(2,3)8-7-10(12)9-5-4-6-9;1-4(2)7-8(12)5(10)3-6(11)9(7)13;1-6(2)7-5-10-4-3-8(7)9;1-6(2)7-3-4-8(9)10-5-7;1-7(2)8-3-4-10(5-8)6-9;1-5(2)6-4-9-7(3-8)10-6;1-4(2)6-9-8-5(3-7)10-6;1-4(2)6-8-5(3-7)10-9-6;1-4(2)6-7-5(3)9-8-6/h4-7H,1-3H3;5H,4,6-8H2,1-3H3;3-4H,1-2H3;2*3-6H,1-2H3;7-8H,3-5H2,1-2H3;4-5H,1-2H3;2*4H,1-2H3;4H,1-3H3. The summed E-state index contributed by atoms with van der Waals surface area (Å²) >= 11 is 14.5. The Morgan fingerprint density at radius 1 is 0.694 bits per heavy atom. The number of ketones is 1. The molecule has 0 radical (unpaired) electrons. The number of aryl methyl sites for hydroxylation is 1. The first kappa shape index (κ1) is 95.0. The molecule has 11 rings (SSSR count). The molecular formula is C80H105Cl2F4N15O5S2. The molecule has 584 valence electrons. The summed E-state index contributed by atoms with van der Waals surface area (Å²) < 4.78 is 72.5. The number of oxazole rings is 1. The van der Waals surface area contributed by atoms with Gasteiger partial charge in [0, 0.05) is 78.4 Å². The number of rotatable bonds is 11. The molecule has 9 aromatic rings. The van der Waals surface area contributed by atoms with Gasteiger partial charge in [-0.25, -0.2) is 32.5 Å². The zero-order chi connectivity index (χ0) is 81.9. The molecule has 2 aromatic carbocycles. The summed E-state index contributed by atoms with van der Waals surface area (Å²) in [6.07, 6.45) is 16.2. The zero-order valence-corrected chi connectivity index (χ0v) is 69.6. The number of carbonyl (C=O) groups excluding carboxylic acids is 1. The summed E-state index contributed by atoms with van der Waals surface area (Å²) in [5.41, 5.74) is 3.16. The van der Waals surface area contributed by atoms with Crippen molar-refractivity contribution in [3.05, 3.63) is 191 Å². The van der Waals surface area contributed by atoms with E-state index >= 15 is 0 Å². The van der Waals surface area contributed by atoms with Gasteiger partial charge in [0.2, 0.25) is 5.89 Å². The number of benzene rings is 2. The Bertz CT molecular complexity index is 4300. The van der Waals surface area contributed by atoms with Gasteiger partial charge in [0.1, 0.15) is 21.7 Å². The largest absolute Gasteiger partial charge is 0.433 e. The lowest BCUT2D eigenvalue weighted by molar-refractivity contribution is -0.116. The molecule has 1 aliphatic carbocycles. The number of fused-ring (bicyclic) bond motifs is 1. The molecule has 108 heavy (non-hydrogen) atoms. The van der Waals surface area contributed by atoms with Gasteiger partial charge in [-0.2, -0.15) is 30.4 Å². The molecule has 0 spiro atoms.